The normalized spacial score (nSPS) is 21.9. The van der Waals surface area contributed by atoms with E-state index in [-0.39, 0.29) is 0 Å². The van der Waals surface area contributed by atoms with E-state index < -0.39 is 0 Å². The molecule has 1 unspecified atom stereocenters. The van der Waals surface area contributed by atoms with Gasteiger partial charge < -0.3 is 10.1 Å². The number of anilines is 1. The molecule has 1 N–H and O–H groups in total. The van der Waals surface area contributed by atoms with Crippen LogP contribution in [0.2, 0.25) is 0 Å². The van der Waals surface area contributed by atoms with Crippen LogP contribution in [0.4, 0.5) is 5.69 Å². The molecule has 1 aromatic heterocycles. The zero-order valence-corrected chi connectivity index (χ0v) is 8.49. The lowest BCUT2D eigenvalue weighted by Gasteiger charge is -2.23. The lowest BCUT2D eigenvalue weighted by Crippen LogP contribution is -2.29. The van der Waals surface area contributed by atoms with E-state index in [0.29, 0.717) is 6.04 Å². The summed E-state index contributed by atoms with van der Waals surface area (Å²) in [6.07, 6.45) is 4.22. The molecule has 1 saturated heterocycles. The summed E-state index contributed by atoms with van der Waals surface area (Å²) in [4.78, 5) is 4.24. The monoisotopic (exact) mass is 192 g/mol. The smallest absolute Gasteiger partial charge is 0.0667 e. The van der Waals surface area contributed by atoms with Crippen molar-refractivity contribution in [1.82, 2.24) is 4.98 Å². The van der Waals surface area contributed by atoms with Crippen LogP contribution in [0.3, 0.4) is 0 Å². The van der Waals surface area contributed by atoms with Crippen LogP contribution in [-0.4, -0.2) is 24.2 Å². The number of hydrogen-bond acceptors (Lipinski definition) is 3. The Labute approximate surface area is 84.5 Å². The molecule has 2 rings (SSSR count). The van der Waals surface area contributed by atoms with Crippen molar-refractivity contribution in [3.63, 3.8) is 0 Å². The van der Waals surface area contributed by atoms with Crippen LogP contribution in [0.25, 0.3) is 0 Å². The first-order valence-electron chi connectivity index (χ1n) is 5.11. The highest BCUT2D eigenvalue weighted by Gasteiger charge is 2.12. The van der Waals surface area contributed by atoms with E-state index in [1.165, 1.54) is 6.42 Å². The quantitative estimate of drug-likeness (QED) is 0.778. The first-order chi connectivity index (χ1) is 6.84. The standard InChI is InChI=1S/C11H16N2O/c1-9-4-5-10(7-12-9)13-11-3-2-6-14-8-11/h4-5,7,11,13H,2-3,6,8H2,1H3. The summed E-state index contributed by atoms with van der Waals surface area (Å²) >= 11 is 0. The maximum Gasteiger partial charge on any atom is 0.0667 e. The lowest BCUT2D eigenvalue weighted by molar-refractivity contribution is 0.0876. The minimum atomic E-state index is 0.452. The third-order valence-electron chi connectivity index (χ3n) is 2.44. The highest BCUT2D eigenvalue weighted by molar-refractivity contribution is 5.41. The van der Waals surface area contributed by atoms with E-state index in [0.717, 1.165) is 31.0 Å². The van der Waals surface area contributed by atoms with E-state index in [1.54, 1.807) is 0 Å². The summed E-state index contributed by atoms with van der Waals surface area (Å²) in [6, 6.07) is 4.54. The molecule has 0 aliphatic carbocycles. The highest BCUT2D eigenvalue weighted by Crippen LogP contribution is 2.13. The summed E-state index contributed by atoms with van der Waals surface area (Å²) in [5, 5.41) is 3.42. The number of rotatable bonds is 2. The van der Waals surface area contributed by atoms with Gasteiger partial charge in [0, 0.05) is 18.3 Å². The van der Waals surface area contributed by atoms with Gasteiger partial charge in [-0.25, -0.2) is 0 Å². The Morgan fingerprint density at radius 3 is 3.07 bits per heavy atom. The fourth-order valence-corrected chi connectivity index (χ4v) is 1.64. The molecule has 1 aromatic rings. The van der Waals surface area contributed by atoms with E-state index in [1.807, 2.05) is 19.2 Å². The lowest BCUT2D eigenvalue weighted by atomic mass is 10.1. The summed E-state index contributed by atoms with van der Waals surface area (Å²) in [6.45, 7) is 3.71. The number of nitrogens with one attached hydrogen (secondary N) is 1. The molecule has 1 fully saturated rings. The fraction of sp³-hybridized carbons (Fsp3) is 0.545. The van der Waals surface area contributed by atoms with Crippen molar-refractivity contribution < 1.29 is 4.74 Å². The van der Waals surface area contributed by atoms with Crippen LogP contribution in [0.15, 0.2) is 18.3 Å². The van der Waals surface area contributed by atoms with Crippen LogP contribution in [0.1, 0.15) is 18.5 Å². The molecular weight excluding hydrogens is 176 g/mol. The van der Waals surface area contributed by atoms with Crippen LogP contribution >= 0.6 is 0 Å². The average Bonchev–Trinajstić information content (AvgIpc) is 2.23. The van der Waals surface area contributed by atoms with E-state index in [9.17, 15) is 0 Å². The second kappa shape index (κ2) is 4.42. The van der Waals surface area contributed by atoms with Crippen LogP contribution in [0, 0.1) is 6.92 Å². The molecule has 0 amide bonds. The molecule has 0 radical (unpaired) electrons. The van der Waals surface area contributed by atoms with Gasteiger partial charge in [-0.05, 0) is 31.9 Å². The van der Waals surface area contributed by atoms with Gasteiger partial charge in [0.1, 0.15) is 0 Å². The SMILES string of the molecule is Cc1ccc(NC2CCCOC2)cn1. The Bertz CT molecular complexity index is 278. The van der Waals surface area contributed by atoms with Gasteiger partial charge in [-0.3, -0.25) is 4.98 Å². The van der Waals surface area contributed by atoms with Crippen molar-refractivity contribution in [2.45, 2.75) is 25.8 Å². The van der Waals surface area contributed by atoms with Crippen molar-refractivity contribution in [2.75, 3.05) is 18.5 Å². The zero-order chi connectivity index (χ0) is 9.80. The molecule has 76 valence electrons. The molecule has 3 heteroatoms. The minimum absolute atomic E-state index is 0.452. The van der Waals surface area contributed by atoms with E-state index in [2.05, 4.69) is 16.4 Å². The zero-order valence-electron chi connectivity index (χ0n) is 8.49. The Morgan fingerprint density at radius 1 is 1.50 bits per heavy atom. The molecule has 1 aliphatic rings. The van der Waals surface area contributed by atoms with Crippen molar-refractivity contribution in [3.8, 4) is 0 Å². The molecule has 2 heterocycles. The van der Waals surface area contributed by atoms with E-state index in [4.69, 9.17) is 4.74 Å². The number of pyridine rings is 1. The Kier molecular flexibility index (Phi) is 2.99. The summed E-state index contributed by atoms with van der Waals surface area (Å²) in [5.74, 6) is 0. The Balaban J connectivity index is 1.92. The first kappa shape index (κ1) is 9.46. The van der Waals surface area contributed by atoms with Gasteiger partial charge in [0.05, 0.1) is 18.5 Å². The molecule has 14 heavy (non-hydrogen) atoms. The van der Waals surface area contributed by atoms with Crippen LogP contribution in [0.5, 0.6) is 0 Å². The predicted octanol–water partition coefficient (Wildman–Crippen LogP) is 1.98. The largest absolute Gasteiger partial charge is 0.379 e. The third kappa shape index (κ3) is 2.45. The summed E-state index contributed by atoms with van der Waals surface area (Å²) in [7, 11) is 0. The topological polar surface area (TPSA) is 34.1 Å². The molecular formula is C11H16N2O. The Hall–Kier alpha value is -1.09. The van der Waals surface area contributed by atoms with Crippen molar-refractivity contribution in [3.05, 3.63) is 24.0 Å². The number of aromatic nitrogens is 1. The van der Waals surface area contributed by atoms with Gasteiger partial charge in [-0.1, -0.05) is 0 Å². The first-order valence-corrected chi connectivity index (χ1v) is 5.11. The molecule has 0 spiro atoms. The summed E-state index contributed by atoms with van der Waals surface area (Å²) < 4.78 is 5.40. The molecule has 1 atom stereocenters. The number of hydrogen-bond donors (Lipinski definition) is 1. The number of ether oxygens (including phenoxy) is 1. The highest BCUT2D eigenvalue weighted by atomic mass is 16.5. The molecule has 0 bridgehead atoms. The molecule has 3 nitrogen and oxygen atoms in total. The van der Waals surface area contributed by atoms with Crippen LogP contribution in [-0.2, 0) is 4.74 Å². The van der Waals surface area contributed by atoms with Gasteiger partial charge in [-0.15, -0.1) is 0 Å². The molecule has 0 aromatic carbocycles. The molecule has 0 saturated carbocycles. The van der Waals surface area contributed by atoms with Gasteiger partial charge in [0.25, 0.3) is 0 Å². The van der Waals surface area contributed by atoms with Gasteiger partial charge in [-0.2, -0.15) is 0 Å². The van der Waals surface area contributed by atoms with Crippen molar-refractivity contribution in [1.29, 1.82) is 0 Å². The predicted molar refractivity (Wildman–Crippen MR) is 56.4 cm³/mol. The molecule has 1 aliphatic heterocycles. The summed E-state index contributed by atoms with van der Waals surface area (Å²) in [5.41, 5.74) is 2.14. The Morgan fingerprint density at radius 2 is 2.43 bits per heavy atom. The van der Waals surface area contributed by atoms with Crippen molar-refractivity contribution >= 4 is 5.69 Å². The second-order valence-electron chi connectivity index (χ2n) is 3.75. The van der Waals surface area contributed by atoms with E-state index >= 15 is 0 Å². The minimum Gasteiger partial charge on any atom is -0.379 e. The van der Waals surface area contributed by atoms with Crippen molar-refractivity contribution in [2.24, 2.45) is 0 Å². The van der Waals surface area contributed by atoms with Gasteiger partial charge in [0.15, 0.2) is 0 Å². The maximum absolute atomic E-state index is 5.40. The second-order valence-corrected chi connectivity index (χ2v) is 3.75. The fourth-order valence-electron chi connectivity index (χ4n) is 1.64. The average molecular weight is 192 g/mol. The third-order valence-corrected chi connectivity index (χ3v) is 2.44. The van der Waals surface area contributed by atoms with Gasteiger partial charge in [0.2, 0.25) is 0 Å². The number of aryl methyl sites for hydroxylation is 1. The van der Waals surface area contributed by atoms with Gasteiger partial charge >= 0.3 is 0 Å². The maximum atomic E-state index is 5.40. The number of nitrogens with zero attached hydrogens (tertiary/aromatic N) is 1. The van der Waals surface area contributed by atoms with Crippen LogP contribution < -0.4 is 5.32 Å².